The molecule has 0 atom stereocenters. The highest BCUT2D eigenvalue weighted by molar-refractivity contribution is 6.01. The molecule has 2 aromatic carbocycles. The van der Waals surface area contributed by atoms with Crippen molar-refractivity contribution >= 4 is 11.7 Å². The second-order valence-electron chi connectivity index (χ2n) is 7.88. The molecule has 4 rings (SSSR count). The van der Waals surface area contributed by atoms with Gasteiger partial charge in [-0.1, -0.05) is 36.4 Å². The lowest BCUT2D eigenvalue weighted by atomic mass is 9.81. The summed E-state index contributed by atoms with van der Waals surface area (Å²) in [7, 11) is 0. The zero-order valence-electron chi connectivity index (χ0n) is 16.0. The number of likely N-dealkylation sites (tertiary alicyclic amines) is 1. The Morgan fingerprint density at radius 3 is 2.52 bits per heavy atom. The molecule has 2 aromatic rings. The van der Waals surface area contributed by atoms with Gasteiger partial charge in [0.1, 0.15) is 11.4 Å². The molecule has 1 fully saturated rings. The van der Waals surface area contributed by atoms with Crippen molar-refractivity contribution in [3.05, 3.63) is 64.7 Å². The van der Waals surface area contributed by atoms with Gasteiger partial charge in [-0.15, -0.1) is 0 Å². The number of Topliss-reactive ketones (excluding diaryl/α,β-unsaturated/α-hetero) is 1. The maximum Gasteiger partial charge on any atom is 0.226 e. The van der Waals surface area contributed by atoms with Crippen molar-refractivity contribution in [3.63, 3.8) is 0 Å². The Balaban J connectivity index is 1.45. The molecule has 0 aromatic heterocycles. The summed E-state index contributed by atoms with van der Waals surface area (Å²) in [6, 6.07) is 13.8. The van der Waals surface area contributed by atoms with Crippen LogP contribution < -0.4 is 4.74 Å². The summed E-state index contributed by atoms with van der Waals surface area (Å²) in [4.78, 5) is 27.3. The van der Waals surface area contributed by atoms with E-state index in [1.807, 2.05) is 61.2 Å². The second kappa shape index (κ2) is 6.84. The van der Waals surface area contributed by atoms with Gasteiger partial charge >= 0.3 is 0 Å². The Labute approximate surface area is 160 Å². The monoisotopic (exact) mass is 363 g/mol. The first kappa shape index (κ1) is 17.8. The van der Waals surface area contributed by atoms with Crippen molar-refractivity contribution in [1.82, 2.24) is 4.90 Å². The van der Waals surface area contributed by atoms with Crippen LogP contribution in [0.15, 0.2) is 42.5 Å². The van der Waals surface area contributed by atoms with Gasteiger partial charge in [0.05, 0.1) is 18.4 Å². The highest BCUT2D eigenvalue weighted by Crippen LogP contribution is 2.41. The summed E-state index contributed by atoms with van der Waals surface area (Å²) in [5.74, 6) is 1.02. The Hall–Kier alpha value is -2.62. The molecule has 1 spiro atoms. The fourth-order valence-corrected chi connectivity index (χ4v) is 4.34. The number of nitrogens with zero attached hydrogens (tertiary/aromatic N) is 1. The molecule has 2 aliphatic rings. The molecule has 0 N–H and O–H groups in total. The fraction of sp³-hybridized carbons (Fsp3) is 0.391. The molecule has 0 bridgehead atoms. The van der Waals surface area contributed by atoms with E-state index in [9.17, 15) is 9.59 Å². The van der Waals surface area contributed by atoms with Crippen molar-refractivity contribution in [2.24, 2.45) is 0 Å². The highest BCUT2D eigenvalue weighted by atomic mass is 16.5. The van der Waals surface area contributed by atoms with Gasteiger partial charge in [-0.05, 0) is 36.6 Å². The number of fused-ring (bicyclic) bond motifs is 1. The maximum absolute atomic E-state index is 12.8. The third-order valence-electron chi connectivity index (χ3n) is 5.76. The van der Waals surface area contributed by atoms with E-state index in [4.69, 9.17) is 4.74 Å². The first-order valence-electron chi connectivity index (χ1n) is 9.61. The predicted octanol–water partition coefficient (Wildman–Crippen LogP) is 3.87. The number of aryl methyl sites for hydroxylation is 2. The number of benzene rings is 2. The molecule has 4 heteroatoms. The number of amides is 1. The minimum absolute atomic E-state index is 0.144. The summed E-state index contributed by atoms with van der Waals surface area (Å²) < 4.78 is 6.38. The topological polar surface area (TPSA) is 46.6 Å². The molecule has 27 heavy (non-hydrogen) atoms. The van der Waals surface area contributed by atoms with Crippen LogP contribution in [0.1, 0.15) is 46.3 Å². The number of carbonyl (C=O) groups is 2. The summed E-state index contributed by atoms with van der Waals surface area (Å²) in [5, 5.41) is 0. The molecule has 0 radical (unpaired) electrons. The van der Waals surface area contributed by atoms with Crippen LogP contribution >= 0.6 is 0 Å². The van der Waals surface area contributed by atoms with Crippen LogP contribution in [0.2, 0.25) is 0 Å². The minimum atomic E-state index is -0.464. The second-order valence-corrected chi connectivity index (χ2v) is 7.88. The van der Waals surface area contributed by atoms with E-state index in [1.54, 1.807) is 0 Å². The van der Waals surface area contributed by atoms with E-state index >= 15 is 0 Å². The smallest absolute Gasteiger partial charge is 0.226 e. The molecular weight excluding hydrogens is 338 g/mol. The number of hydrogen-bond donors (Lipinski definition) is 0. The summed E-state index contributed by atoms with van der Waals surface area (Å²) in [6.07, 6.45) is 2.23. The summed E-state index contributed by atoms with van der Waals surface area (Å²) >= 11 is 0. The molecule has 2 aliphatic heterocycles. The lowest BCUT2D eigenvalue weighted by Crippen LogP contribution is -2.52. The normalized spacial score (nSPS) is 18.1. The zero-order valence-corrected chi connectivity index (χ0v) is 16.0. The Morgan fingerprint density at radius 2 is 1.81 bits per heavy atom. The van der Waals surface area contributed by atoms with Gasteiger partial charge in [0.15, 0.2) is 5.78 Å². The van der Waals surface area contributed by atoms with Gasteiger partial charge in [0, 0.05) is 25.9 Å². The van der Waals surface area contributed by atoms with Gasteiger partial charge in [-0.2, -0.15) is 0 Å². The lowest BCUT2D eigenvalue weighted by molar-refractivity contribution is -0.134. The van der Waals surface area contributed by atoms with Crippen LogP contribution in [-0.2, 0) is 11.2 Å². The van der Waals surface area contributed by atoms with Crippen LogP contribution in [0.25, 0.3) is 0 Å². The number of ether oxygens (including phenoxy) is 1. The Morgan fingerprint density at radius 1 is 1.11 bits per heavy atom. The van der Waals surface area contributed by atoms with E-state index in [2.05, 4.69) is 0 Å². The van der Waals surface area contributed by atoms with Gasteiger partial charge < -0.3 is 9.64 Å². The van der Waals surface area contributed by atoms with E-state index in [-0.39, 0.29) is 11.7 Å². The average Bonchev–Trinajstić information content (AvgIpc) is 2.62. The average molecular weight is 363 g/mol. The molecule has 1 amide bonds. The van der Waals surface area contributed by atoms with Crippen molar-refractivity contribution in [3.8, 4) is 5.75 Å². The van der Waals surface area contributed by atoms with Crippen molar-refractivity contribution < 1.29 is 14.3 Å². The van der Waals surface area contributed by atoms with Crippen molar-refractivity contribution in [2.75, 3.05) is 13.1 Å². The molecular formula is C23H25NO3. The van der Waals surface area contributed by atoms with E-state index in [1.165, 1.54) is 0 Å². The SMILES string of the molecule is Cc1cc(C)c2c(c1)OC1(CCN(C(=O)Cc3ccccc3)CC1)CC2=O. The van der Waals surface area contributed by atoms with Gasteiger partial charge in [-0.25, -0.2) is 0 Å². The first-order valence-corrected chi connectivity index (χ1v) is 9.61. The van der Waals surface area contributed by atoms with E-state index < -0.39 is 5.60 Å². The molecule has 0 aliphatic carbocycles. The highest BCUT2D eigenvalue weighted by Gasteiger charge is 2.44. The molecule has 140 valence electrons. The van der Waals surface area contributed by atoms with Crippen LogP contribution in [0.3, 0.4) is 0 Å². The number of rotatable bonds is 2. The largest absolute Gasteiger partial charge is 0.486 e. The van der Waals surface area contributed by atoms with Crippen LogP contribution in [-0.4, -0.2) is 35.3 Å². The van der Waals surface area contributed by atoms with Crippen molar-refractivity contribution in [1.29, 1.82) is 0 Å². The molecule has 1 saturated heterocycles. The maximum atomic E-state index is 12.8. The molecule has 2 heterocycles. The molecule has 0 saturated carbocycles. The van der Waals surface area contributed by atoms with Crippen molar-refractivity contribution in [2.45, 2.75) is 45.1 Å². The van der Waals surface area contributed by atoms with Gasteiger partial charge in [0.25, 0.3) is 0 Å². The van der Waals surface area contributed by atoms with Crippen LogP contribution in [0.5, 0.6) is 5.75 Å². The van der Waals surface area contributed by atoms with Crippen LogP contribution in [0, 0.1) is 13.8 Å². The third-order valence-corrected chi connectivity index (χ3v) is 5.76. The number of piperidine rings is 1. The van der Waals surface area contributed by atoms with E-state index in [0.717, 1.165) is 22.3 Å². The Bertz CT molecular complexity index is 880. The first-order chi connectivity index (χ1) is 13.0. The predicted molar refractivity (Wildman–Crippen MR) is 104 cm³/mol. The van der Waals surface area contributed by atoms with Gasteiger partial charge in [-0.3, -0.25) is 9.59 Å². The number of carbonyl (C=O) groups excluding carboxylic acids is 2. The minimum Gasteiger partial charge on any atom is -0.486 e. The summed E-state index contributed by atoms with van der Waals surface area (Å²) in [5.41, 5.74) is 3.39. The zero-order chi connectivity index (χ0) is 19.0. The van der Waals surface area contributed by atoms with Gasteiger partial charge in [0.2, 0.25) is 5.91 Å². The third kappa shape index (κ3) is 3.48. The van der Waals surface area contributed by atoms with Crippen LogP contribution in [0.4, 0.5) is 0 Å². The van der Waals surface area contributed by atoms with E-state index in [0.29, 0.717) is 44.5 Å². The fourth-order valence-electron chi connectivity index (χ4n) is 4.34. The molecule has 0 unspecified atom stereocenters. The standard InChI is InChI=1S/C23H25NO3/c1-16-12-17(2)22-19(25)15-23(27-20(22)13-16)8-10-24(11-9-23)21(26)14-18-6-4-3-5-7-18/h3-7,12-13H,8-11,14-15H2,1-2H3. The summed E-state index contributed by atoms with van der Waals surface area (Å²) in [6.45, 7) is 5.27. The quantitative estimate of drug-likeness (QED) is 0.814. The lowest BCUT2D eigenvalue weighted by Gasteiger charge is -2.44. The molecule has 4 nitrogen and oxygen atoms in total. The Kier molecular flexibility index (Phi) is 4.50. The number of ketones is 1. The number of hydrogen-bond acceptors (Lipinski definition) is 3.